The number of halogens is 2. The number of rotatable bonds is 5. The number of aromatic nitrogens is 5. The summed E-state index contributed by atoms with van der Waals surface area (Å²) in [6, 6.07) is 12.3. The fourth-order valence-electron chi connectivity index (χ4n) is 5.96. The summed E-state index contributed by atoms with van der Waals surface area (Å²) < 4.78 is 65.0. The summed E-state index contributed by atoms with van der Waals surface area (Å²) in [6.07, 6.45) is 2.90. The maximum absolute atomic E-state index is 16.7. The van der Waals surface area contributed by atoms with Crippen LogP contribution in [0.3, 0.4) is 0 Å². The first-order valence-corrected chi connectivity index (χ1v) is 13.0. The maximum Gasteiger partial charge on any atom is 0.156 e. The van der Waals surface area contributed by atoms with Crippen LogP contribution in [0.5, 0.6) is 0 Å². The van der Waals surface area contributed by atoms with Crippen molar-refractivity contribution in [3.8, 4) is 11.3 Å². The molecular weight excluding hydrogens is 500 g/mol. The Morgan fingerprint density at radius 2 is 1.90 bits per heavy atom. The van der Waals surface area contributed by atoms with Crippen LogP contribution in [0.15, 0.2) is 48.7 Å². The molecule has 1 aliphatic rings. The summed E-state index contributed by atoms with van der Waals surface area (Å²) in [4.78, 5) is 4.65. The predicted molar refractivity (Wildman–Crippen MR) is 145 cm³/mol. The fraction of sp³-hybridized carbons (Fsp3) is 0.367. The second-order valence-electron chi connectivity index (χ2n) is 10.7. The minimum absolute atomic E-state index is 0.0370. The Bertz CT molecular complexity index is 1790. The van der Waals surface area contributed by atoms with E-state index in [2.05, 4.69) is 15.3 Å². The van der Waals surface area contributed by atoms with Gasteiger partial charge in [0.05, 0.1) is 45.1 Å². The van der Waals surface area contributed by atoms with E-state index in [0.717, 1.165) is 5.56 Å². The number of hydrogen-bond donors (Lipinski definition) is 1. The Morgan fingerprint density at radius 1 is 1.15 bits per heavy atom. The number of ether oxygens (including phenoxy) is 1. The summed E-state index contributed by atoms with van der Waals surface area (Å²) in [7, 11) is 1.59. The highest BCUT2D eigenvalue weighted by molar-refractivity contribution is 6.07. The number of pyridine rings is 1. The van der Waals surface area contributed by atoms with Gasteiger partial charge in [-0.1, -0.05) is 35.5 Å². The molecule has 202 valence electrons. The molecule has 3 aromatic heterocycles. The van der Waals surface area contributed by atoms with Gasteiger partial charge in [-0.3, -0.25) is 4.98 Å². The van der Waals surface area contributed by atoms with Crippen molar-refractivity contribution in [1.82, 2.24) is 24.5 Å². The van der Waals surface area contributed by atoms with Gasteiger partial charge < -0.3 is 14.4 Å². The SMILES string of the molecule is [2H]C([2H])([2H])c1nnn(C)c1-c1cnc2c3cc(F)c(C(C)(C)O)c(F)c3n([C@H](c3ccccc3)C3CCOCC3)c2c1. The maximum atomic E-state index is 16.7. The molecule has 0 saturated carbocycles. The third-order valence-electron chi connectivity index (χ3n) is 7.66. The van der Waals surface area contributed by atoms with Crippen molar-refractivity contribution in [2.45, 2.75) is 45.2 Å². The van der Waals surface area contributed by atoms with Crippen LogP contribution in [0.1, 0.15) is 53.7 Å². The average molecular weight is 535 g/mol. The minimum atomic E-state index is -2.53. The van der Waals surface area contributed by atoms with Crippen molar-refractivity contribution >= 4 is 21.9 Å². The second kappa shape index (κ2) is 9.50. The first kappa shape index (κ1) is 22.2. The molecule has 0 spiro atoms. The number of hydrogen-bond acceptors (Lipinski definition) is 5. The van der Waals surface area contributed by atoms with E-state index in [-0.39, 0.29) is 28.2 Å². The molecule has 1 fully saturated rings. The molecule has 4 heterocycles. The van der Waals surface area contributed by atoms with E-state index in [9.17, 15) is 5.11 Å². The minimum Gasteiger partial charge on any atom is -0.386 e. The molecule has 0 amide bonds. The van der Waals surface area contributed by atoms with Gasteiger partial charge in [-0.15, -0.1) is 5.10 Å². The molecule has 0 aliphatic carbocycles. The van der Waals surface area contributed by atoms with Gasteiger partial charge in [0.1, 0.15) is 5.82 Å². The zero-order valence-corrected chi connectivity index (χ0v) is 21.9. The van der Waals surface area contributed by atoms with Crippen LogP contribution in [0.2, 0.25) is 0 Å². The molecular formula is C30H31F2N5O2. The van der Waals surface area contributed by atoms with Crippen LogP contribution >= 0.6 is 0 Å². The van der Waals surface area contributed by atoms with Gasteiger partial charge >= 0.3 is 0 Å². The van der Waals surface area contributed by atoms with Crippen molar-refractivity contribution in [2.24, 2.45) is 13.0 Å². The first-order valence-electron chi connectivity index (χ1n) is 14.5. The number of benzene rings is 2. The molecule has 0 radical (unpaired) electrons. The summed E-state index contributed by atoms with van der Waals surface area (Å²) in [6.45, 7) is 1.26. The van der Waals surface area contributed by atoms with Crippen LogP contribution in [-0.2, 0) is 17.4 Å². The molecule has 2 aromatic carbocycles. The molecule has 5 aromatic rings. The lowest BCUT2D eigenvalue weighted by atomic mass is 9.86. The lowest BCUT2D eigenvalue weighted by Gasteiger charge is -2.33. The van der Waals surface area contributed by atoms with E-state index >= 15 is 8.78 Å². The number of aliphatic hydroxyl groups is 1. The largest absolute Gasteiger partial charge is 0.386 e. The average Bonchev–Trinajstić information content (AvgIpc) is 3.47. The zero-order valence-electron chi connectivity index (χ0n) is 24.9. The van der Waals surface area contributed by atoms with Crippen LogP contribution in [-0.4, -0.2) is 42.9 Å². The van der Waals surface area contributed by atoms with E-state index < -0.39 is 35.7 Å². The van der Waals surface area contributed by atoms with Gasteiger partial charge in [-0.05, 0) is 57.2 Å². The van der Waals surface area contributed by atoms with E-state index in [1.54, 1.807) is 13.1 Å². The monoisotopic (exact) mass is 534 g/mol. The smallest absolute Gasteiger partial charge is 0.156 e. The molecule has 1 aliphatic heterocycles. The zero-order chi connectivity index (χ0) is 30.0. The quantitative estimate of drug-likeness (QED) is 0.308. The Hall–Kier alpha value is -3.69. The molecule has 0 bridgehead atoms. The highest BCUT2D eigenvalue weighted by Crippen LogP contribution is 2.44. The van der Waals surface area contributed by atoms with Gasteiger partial charge in [0.15, 0.2) is 5.82 Å². The lowest BCUT2D eigenvalue weighted by molar-refractivity contribution is 0.0551. The van der Waals surface area contributed by atoms with E-state index in [0.29, 0.717) is 42.7 Å². The Balaban J connectivity index is 1.75. The van der Waals surface area contributed by atoms with Gasteiger partial charge in [-0.2, -0.15) is 0 Å². The highest BCUT2D eigenvalue weighted by Gasteiger charge is 2.35. The third-order valence-corrected chi connectivity index (χ3v) is 7.66. The van der Waals surface area contributed by atoms with Gasteiger partial charge in [0.2, 0.25) is 0 Å². The van der Waals surface area contributed by atoms with Crippen molar-refractivity contribution < 1.29 is 22.7 Å². The molecule has 6 rings (SSSR count). The fourth-order valence-corrected chi connectivity index (χ4v) is 5.96. The molecule has 0 unspecified atom stereocenters. The summed E-state index contributed by atoms with van der Waals surface area (Å²) >= 11 is 0. The molecule has 7 nitrogen and oxygen atoms in total. The predicted octanol–water partition coefficient (Wildman–Crippen LogP) is 5.82. The summed E-state index contributed by atoms with van der Waals surface area (Å²) in [5.41, 5.74) is 0.162. The Labute approximate surface area is 229 Å². The van der Waals surface area contributed by atoms with Crippen molar-refractivity contribution in [1.29, 1.82) is 0 Å². The number of fused-ring (bicyclic) bond motifs is 3. The van der Waals surface area contributed by atoms with Gasteiger partial charge in [0.25, 0.3) is 0 Å². The van der Waals surface area contributed by atoms with Crippen LogP contribution in [0.4, 0.5) is 8.78 Å². The summed E-state index contributed by atoms with van der Waals surface area (Å²) in [5.74, 6) is -1.70. The molecule has 39 heavy (non-hydrogen) atoms. The Kier molecular flexibility index (Phi) is 5.40. The molecule has 1 saturated heterocycles. The van der Waals surface area contributed by atoms with Gasteiger partial charge in [0, 0.05) is 41.5 Å². The lowest BCUT2D eigenvalue weighted by Crippen LogP contribution is -2.27. The highest BCUT2D eigenvalue weighted by atomic mass is 19.1. The second-order valence-corrected chi connectivity index (χ2v) is 10.7. The first-order chi connectivity index (χ1) is 19.9. The standard InChI is InChI=1S/C30H31F2N5O2/c1-17-27(36(4)35-34-17)20-14-23-26(33-16-20)21-15-22(31)24(30(2,3)38)25(32)29(21)37(23)28(18-8-6-5-7-9-18)19-10-12-39-13-11-19/h5-9,14-16,19,28,38H,10-13H2,1-4H3/t28-/m1/s1/i1D3. The van der Waals surface area contributed by atoms with Crippen molar-refractivity contribution in [2.75, 3.05) is 13.2 Å². The Morgan fingerprint density at radius 3 is 2.59 bits per heavy atom. The molecule has 9 heteroatoms. The van der Waals surface area contributed by atoms with Crippen LogP contribution < -0.4 is 0 Å². The van der Waals surface area contributed by atoms with E-state index in [1.807, 2.05) is 34.9 Å². The van der Waals surface area contributed by atoms with E-state index in [4.69, 9.17) is 8.85 Å². The normalized spacial score (nSPS) is 17.3. The van der Waals surface area contributed by atoms with Crippen LogP contribution in [0.25, 0.3) is 33.2 Å². The summed E-state index contributed by atoms with van der Waals surface area (Å²) in [5, 5.41) is 18.9. The number of nitrogens with zero attached hydrogens (tertiary/aromatic N) is 5. The van der Waals surface area contributed by atoms with Crippen molar-refractivity contribution in [3.63, 3.8) is 0 Å². The molecule has 1 atom stereocenters. The van der Waals surface area contributed by atoms with Crippen molar-refractivity contribution in [3.05, 3.63) is 77.1 Å². The van der Waals surface area contributed by atoms with Gasteiger partial charge in [-0.25, -0.2) is 13.5 Å². The molecule has 1 N–H and O–H groups in total. The topological polar surface area (TPSA) is 78.0 Å². The van der Waals surface area contributed by atoms with E-state index in [1.165, 1.54) is 30.8 Å². The third kappa shape index (κ3) is 4.20. The number of aryl methyl sites for hydroxylation is 2. The van der Waals surface area contributed by atoms with Crippen LogP contribution in [0, 0.1) is 24.4 Å².